The Kier molecular flexibility index (Phi) is 3.45. The molecule has 0 aliphatic carbocycles. The van der Waals surface area contributed by atoms with E-state index in [-0.39, 0.29) is 0 Å². The highest BCUT2D eigenvalue weighted by Crippen LogP contribution is 2.11. The van der Waals surface area contributed by atoms with E-state index in [0.717, 1.165) is 13.2 Å². The van der Waals surface area contributed by atoms with Crippen LogP contribution in [0.3, 0.4) is 0 Å². The molecule has 1 unspecified atom stereocenters. The average Bonchev–Trinajstić information content (AvgIpc) is 2.28. The van der Waals surface area contributed by atoms with Gasteiger partial charge in [-0.25, -0.2) is 0 Å². The van der Waals surface area contributed by atoms with Crippen LogP contribution in [-0.2, 0) is 4.74 Å². The highest BCUT2D eigenvalue weighted by Gasteiger charge is 2.14. The van der Waals surface area contributed by atoms with Crippen molar-refractivity contribution in [1.29, 1.82) is 0 Å². The molecular formula is C10H19NO. The minimum Gasteiger partial charge on any atom is -0.499 e. The Morgan fingerprint density at radius 1 is 1.67 bits per heavy atom. The standard InChI is InChI=1S/C10H19NO/c1-4-10(3)11-5-6-12-8-9(2)7-11/h5-6,9-10H,4,7-8H2,1-3H3/t9-,10?/m1/s1. The van der Waals surface area contributed by atoms with Crippen molar-refractivity contribution in [3.63, 3.8) is 0 Å². The molecule has 0 aromatic heterocycles. The van der Waals surface area contributed by atoms with E-state index in [4.69, 9.17) is 4.74 Å². The number of ether oxygens (including phenoxy) is 1. The van der Waals surface area contributed by atoms with Crippen LogP contribution in [-0.4, -0.2) is 24.1 Å². The van der Waals surface area contributed by atoms with Gasteiger partial charge in [0.2, 0.25) is 0 Å². The summed E-state index contributed by atoms with van der Waals surface area (Å²) in [6.07, 6.45) is 5.07. The lowest BCUT2D eigenvalue weighted by atomic mass is 10.1. The maximum Gasteiger partial charge on any atom is 0.0987 e. The van der Waals surface area contributed by atoms with E-state index in [9.17, 15) is 0 Å². The van der Waals surface area contributed by atoms with Crippen LogP contribution in [0.25, 0.3) is 0 Å². The first-order valence-corrected chi connectivity index (χ1v) is 4.78. The summed E-state index contributed by atoms with van der Waals surface area (Å²) in [5.74, 6) is 0.633. The van der Waals surface area contributed by atoms with Crippen molar-refractivity contribution in [3.8, 4) is 0 Å². The van der Waals surface area contributed by atoms with Crippen molar-refractivity contribution in [2.45, 2.75) is 33.2 Å². The summed E-state index contributed by atoms with van der Waals surface area (Å²) in [4.78, 5) is 2.36. The minimum atomic E-state index is 0.630. The van der Waals surface area contributed by atoms with Crippen molar-refractivity contribution < 1.29 is 4.74 Å². The lowest BCUT2D eigenvalue weighted by Gasteiger charge is -2.27. The molecule has 0 bridgehead atoms. The van der Waals surface area contributed by atoms with Crippen molar-refractivity contribution in [2.24, 2.45) is 5.92 Å². The third kappa shape index (κ3) is 2.43. The van der Waals surface area contributed by atoms with Crippen molar-refractivity contribution in [2.75, 3.05) is 13.2 Å². The third-order valence-electron chi connectivity index (χ3n) is 2.41. The zero-order valence-corrected chi connectivity index (χ0v) is 8.29. The SMILES string of the molecule is CCC(C)N1C=COC[C@H](C)C1. The molecule has 1 heterocycles. The molecule has 2 atom stereocenters. The molecular weight excluding hydrogens is 150 g/mol. The summed E-state index contributed by atoms with van der Waals surface area (Å²) in [7, 11) is 0. The monoisotopic (exact) mass is 169 g/mol. The summed E-state index contributed by atoms with van der Waals surface area (Å²) >= 11 is 0. The van der Waals surface area contributed by atoms with Gasteiger partial charge in [0.15, 0.2) is 0 Å². The molecule has 1 aliphatic rings. The highest BCUT2D eigenvalue weighted by atomic mass is 16.5. The van der Waals surface area contributed by atoms with E-state index in [1.54, 1.807) is 0 Å². The lowest BCUT2D eigenvalue weighted by Crippen LogP contribution is -2.31. The fraction of sp³-hybridized carbons (Fsp3) is 0.800. The van der Waals surface area contributed by atoms with Crippen LogP contribution in [0, 0.1) is 5.92 Å². The smallest absolute Gasteiger partial charge is 0.0987 e. The molecule has 12 heavy (non-hydrogen) atoms. The van der Waals surface area contributed by atoms with Gasteiger partial charge >= 0.3 is 0 Å². The van der Waals surface area contributed by atoms with Gasteiger partial charge in [0.05, 0.1) is 12.9 Å². The molecule has 0 radical (unpaired) electrons. The first-order chi connectivity index (χ1) is 5.74. The maximum atomic E-state index is 5.31. The summed E-state index contributed by atoms with van der Waals surface area (Å²) in [5.41, 5.74) is 0. The van der Waals surface area contributed by atoms with Crippen LogP contribution < -0.4 is 0 Å². The Hall–Kier alpha value is -0.660. The Morgan fingerprint density at radius 3 is 3.08 bits per heavy atom. The summed E-state index contributed by atoms with van der Waals surface area (Å²) in [5, 5.41) is 0. The fourth-order valence-corrected chi connectivity index (χ4v) is 1.38. The third-order valence-corrected chi connectivity index (χ3v) is 2.41. The van der Waals surface area contributed by atoms with E-state index >= 15 is 0 Å². The molecule has 0 saturated heterocycles. The fourth-order valence-electron chi connectivity index (χ4n) is 1.38. The molecule has 1 rings (SSSR count). The molecule has 1 aliphatic heterocycles. The van der Waals surface area contributed by atoms with Crippen LogP contribution in [0.5, 0.6) is 0 Å². The minimum absolute atomic E-state index is 0.630. The second kappa shape index (κ2) is 4.39. The van der Waals surface area contributed by atoms with E-state index in [2.05, 4.69) is 31.9 Å². The van der Waals surface area contributed by atoms with Gasteiger partial charge in [0.25, 0.3) is 0 Å². The van der Waals surface area contributed by atoms with Crippen LogP contribution >= 0.6 is 0 Å². The molecule has 70 valence electrons. The quantitative estimate of drug-likeness (QED) is 0.628. The second-order valence-electron chi connectivity index (χ2n) is 3.68. The molecule has 0 amide bonds. The molecule has 2 heteroatoms. The number of hydrogen-bond acceptors (Lipinski definition) is 2. The van der Waals surface area contributed by atoms with Gasteiger partial charge in [-0.3, -0.25) is 0 Å². The number of rotatable bonds is 2. The second-order valence-corrected chi connectivity index (χ2v) is 3.68. The molecule has 0 saturated carbocycles. The van der Waals surface area contributed by atoms with Crippen molar-refractivity contribution >= 4 is 0 Å². The molecule has 0 aromatic rings. The summed E-state index contributed by atoms with van der Waals surface area (Å²) in [6, 6.07) is 0.630. The summed E-state index contributed by atoms with van der Waals surface area (Å²) in [6.45, 7) is 8.66. The van der Waals surface area contributed by atoms with E-state index in [0.29, 0.717) is 12.0 Å². The predicted octanol–water partition coefficient (Wildman–Crippen LogP) is 2.22. The van der Waals surface area contributed by atoms with Gasteiger partial charge in [-0.05, 0) is 13.3 Å². The lowest BCUT2D eigenvalue weighted by molar-refractivity contribution is 0.191. The molecule has 0 N–H and O–H groups in total. The van der Waals surface area contributed by atoms with Crippen LogP contribution in [0.2, 0.25) is 0 Å². The first kappa shape index (κ1) is 9.43. The Morgan fingerprint density at radius 2 is 2.42 bits per heavy atom. The zero-order valence-electron chi connectivity index (χ0n) is 8.29. The zero-order chi connectivity index (χ0) is 8.97. The van der Waals surface area contributed by atoms with E-state index < -0.39 is 0 Å². The van der Waals surface area contributed by atoms with Crippen LogP contribution in [0.1, 0.15) is 27.2 Å². The van der Waals surface area contributed by atoms with Gasteiger partial charge in [0, 0.05) is 24.7 Å². The maximum absolute atomic E-state index is 5.31. The Labute approximate surface area is 75.2 Å². The van der Waals surface area contributed by atoms with Gasteiger partial charge in [-0.15, -0.1) is 0 Å². The van der Waals surface area contributed by atoms with Crippen LogP contribution in [0.4, 0.5) is 0 Å². The normalized spacial score (nSPS) is 26.2. The Bertz CT molecular complexity index is 156. The average molecular weight is 169 g/mol. The predicted molar refractivity (Wildman–Crippen MR) is 50.7 cm³/mol. The van der Waals surface area contributed by atoms with Crippen molar-refractivity contribution in [1.82, 2.24) is 4.90 Å². The van der Waals surface area contributed by atoms with Gasteiger partial charge in [-0.1, -0.05) is 13.8 Å². The molecule has 0 spiro atoms. The molecule has 2 nitrogen and oxygen atoms in total. The first-order valence-electron chi connectivity index (χ1n) is 4.78. The molecule has 0 fully saturated rings. The highest BCUT2D eigenvalue weighted by molar-refractivity contribution is 4.84. The van der Waals surface area contributed by atoms with E-state index in [1.807, 2.05) is 6.26 Å². The Balaban J connectivity index is 2.50. The topological polar surface area (TPSA) is 12.5 Å². The van der Waals surface area contributed by atoms with Gasteiger partial charge in [0.1, 0.15) is 0 Å². The van der Waals surface area contributed by atoms with Crippen molar-refractivity contribution in [3.05, 3.63) is 12.5 Å². The van der Waals surface area contributed by atoms with E-state index in [1.165, 1.54) is 6.42 Å². The van der Waals surface area contributed by atoms with Gasteiger partial charge < -0.3 is 9.64 Å². The van der Waals surface area contributed by atoms with Crippen LogP contribution in [0.15, 0.2) is 12.5 Å². The summed E-state index contributed by atoms with van der Waals surface area (Å²) < 4.78 is 5.31. The largest absolute Gasteiger partial charge is 0.499 e. The van der Waals surface area contributed by atoms with Gasteiger partial charge in [-0.2, -0.15) is 0 Å². The number of nitrogens with zero attached hydrogens (tertiary/aromatic N) is 1. The molecule has 0 aromatic carbocycles. The number of hydrogen-bond donors (Lipinski definition) is 0.